The summed E-state index contributed by atoms with van der Waals surface area (Å²) in [5, 5.41) is 15.5. The van der Waals surface area contributed by atoms with E-state index >= 15 is 4.39 Å². The molecule has 3 aromatic rings. The van der Waals surface area contributed by atoms with Gasteiger partial charge in [-0.1, -0.05) is 30.3 Å². The van der Waals surface area contributed by atoms with Gasteiger partial charge in [-0.05, 0) is 42.7 Å². The van der Waals surface area contributed by atoms with Crippen molar-refractivity contribution in [1.29, 1.82) is 0 Å². The molecule has 0 saturated carbocycles. The summed E-state index contributed by atoms with van der Waals surface area (Å²) in [7, 11) is 0. The summed E-state index contributed by atoms with van der Waals surface area (Å²) in [6, 6.07) is 15.6. The molecule has 1 unspecified atom stereocenters. The van der Waals surface area contributed by atoms with Gasteiger partial charge in [0, 0.05) is 70.2 Å². The zero-order valence-corrected chi connectivity index (χ0v) is 26.8. The number of benzene rings is 2. The van der Waals surface area contributed by atoms with Crippen molar-refractivity contribution in [3.8, 4) is 0 Å². The number of carboxylic acids is 1. The lowest BCUT2D eigenvalue weighted by Gasteiger charge is -2.37. The first kappa shape index (κ1) is 32.9. The molecule has 254 valence electrons. The van der Waals surface area contributed by atoms with Crippen LogP contribution in [0.25, 0.3) is 0 Å². The van der Waals surface area contributed by atoms with Crippen LogP contribution in [0.15, 0.2) is 60.9 Å². The van der Waals surface area contributed by atoms with Gasteiger partial charge in [0.1, 0.15) is 12.4 Å². The van der Waals surface area contributed by atoms with Crippen molar-refractivity contribution in [2.45, 2.75) is 25.3 Å². The van der Waals surface area contributed by atoms with E-state index in [1.807, 2.05) is 23.1 Å². The van der Waals surface area contributed by atoms with Crippen molar-refractivity contribution in [3.05, 3.63) is 72.3 Å². The number of carbonyl (C=O) groups excluding carboxylic acids is 2. The van der Waals surface area contributed by atoms with Crippen LogP contribution in [0.1, 0.15) is 18.4 Å². The number of para-hydroxylation sites is 1. The Balaban J connectivity index is 1.04. The molecule has 0 spiro atoms. The van der Waals surface area contributed by atoms with E-state index in [0.29, 0.717) is 70.0 Å². The van der Waals surface area contributed by atoms with Crippen LogP contribution >= 0.6 is 0 Å². The minimum absolute atomic E-state index is 0.0661. The van der Waals surface area contributed by atoms with Crippen LogP contribution in [0.5, 0.6) is 0 Å². The highest BCUT2D eigenvalue weighted by atomic mass is 19.1. The number of hydrogen-bond donors (Lipinski definition) is 3. The van der Waals surface area contributed by atoms with Gasteiger partial charge < -0.3 is 40.1 Å². The number of carbonyl (C=O) groups is 3. The van der Waals surface area contributed by atoms with Crippen LogP contribution in [-0.4, -0.2) is 109 Å². The van der Waals surface area contributed by atoms with Gasteiger partial charge in [-0.3, -0.25) is 4.79 Å². The Morgan fingerprint density at radius 2 is 1.54 bits per heavy atom. The molecule has 3 aliphatic rings. The highest BCUT2D eigenvalue weighted by Gasteiger charge is 2.32. The van der Waals surface area contributed by atoms with E-state index in [2.05, 4.69) is 37.6 Å². The SMILES string of the molecule is O=C(N[C@@H](Cc1ccc(NC(=O)N2CCOCC2)cc1)C(=O)O)C1CCCN(c2ncnc(N3CCN(c4ccccc4)CC3)c2F)C1. The minimum atomic E-state index is -1.15. The number of aromatic nitrogens is 2. The Hall–Kier alpha value is -4.98. The summed E-state index contributed by atoms with van der Waals surface area (Å²) in [6.45, 7) is 5.45. The number of aliphatic carboxylic acids is 1. The second-order valence-electron chi connectivity index (χ2n) is 12.3. The van der Waals surface area contributed by atoms with E-state index in [1.54, 1.807) is 34.1 Å². The number of amides is 3. The van der Waals surface area contributed by atoms with Crippen molar-refractivity contribution in [1.82, 2.24) is 20.2 Å². The number of ether oxygens (including phenoxy) is 1. The van der Waals surface area contributed by atoms with Crippen LogP contribution in [0, 0.1) is 11.7 Å². The molecule has 14 heteroatoms. The number of urea groups is 1. The fraction of sp³-hybridized carbons (Fsp3) is 0.441. The molecule has 3 saturated heterocycles. The highest BCUT2D eigenvalue weighted by Crippen LogP contribution is 2.29. The smallest absolute Gasteiger partial charge is 0.326 e. The molecule has 1 aromatic heterocycles. The summed E-state index contributed by atoms with van der Waals surface area (Å²) < 4.78 is 21.2. The maximum Gasteiger partial charge on any atom is 0.326 e. The van der Waals surface area contributed by atoms with Crippen LogP contribution < -0.4 is 25.3 Å². The van der Waals surface area contributed by atoms with Crippen molar-refractivity contribution in [2.75, 3.05) is 85.6 Å². The predicted molar refractivity (Wildman–Crippen MR) is 179 cm³/mol. The number of hydrogen-bond acceptors (Lipinski definition) is 9. The Bertz CT molecular complexity index is 1570. The summed E-state index contributed by atoms with van der Waals surface area (Å²) in [5.41, 5.74) is 2.41. The third kappa shape index (κ3) is 7.93. The third-order valence-electron chi connectivity index (χ3n) is 9.10. The largest absolute Gasteiger partial charge is 0.480 e. The van der Waals surface area contributed by atoms with Gasteiger partial charge >= 0.3 is 12.0 Å². The van der Waals surface area contributed by atoms with E-state index in [4.69, 9.17) is 4.74 Å². The molecule has 3 amide bonds. The number of piperidine rings is 1. The average Bonchev–Trinajstić information content (AvgIpc) is 3.13. The summed E-state index contributed by atoms with van der Waals surface area (Å²) >= 11 is 0. The molecular weight excluding hydrogens is 619 g/mol. The molecule has 4 heterocycles. The number of halogens is 1. The quantitative estimate of drug-likeness (QED) is 0.314. The third-order valence-corrected chi connectivity index (χ3v) is 9.10. The van der Waals surface area contributed by atoms with Crippen LogP contribution in [-0.2, 0) is 20.7 Å². The van der Waals surface area contributed by atoms with Crippen molar-refractivity contribution in [2.24, 2.45) is 5.92 Å². The Morgan fingerprint density at radius 1 is 0.875 bits per heavy atom. The monoisotopic (exact) mass is 660 g/mol. The summed E-state index contributed by atoms with van der Waals surface area (Å²) in [4.78, 5) is 54.1. The molecule has 2 aromatic carbocycles. The first-order valence-corrected chi connectivity index (χ1v) is 16.4. The van der Waals surface area contributed by atoms with Gasteiger partial charge in [-0.25, -0.2) is 19.6 Å². The molecular formula is C34H41FN8O5. The van der Waals surface area contributed by atoms with Crippen LogP contribution in [0.3, 0.4) is 0 Å². The van der Waals surface area contributed by atoms with Gasteiger partial charge in [0.25, 0.3) is 0 Å². The lowest BCUT2D eigenvalue weighted by Crippen LogP contribution is -2.49. The molecule has 3 aliphatic heterocycles. The van der Waals surface area contributed by atoms with Crippen LogP contribution in [0.2, 0.25) is 0 Å². The molecule has 48 heavy (non-hydrogen) atoms. The van der Waals surface area contributed by atoms with Gasteiger partial charge in [0.05, 0.1) is 19.1 Å². The molecule has 0 bridgehead atoms. The summed E-state index contributed by atoms with van der Waals surface area (Å²) in [6.07, 6.45) is 2.60. The van der Waals surface area contributed by atoms with E-state index in [1.165, 1.54) is 6.33 Å². The van der Waals surface area contributed by atoms with E-state index in [0.717, 1.165) is 18.8 Å². The van der Waals surface area contributed by atoms with Gasteiger partial charge in [0.2, 0.25) is 11.7 Å². The van der Waals surface area contributed by atoms with E-state index in [9.17, 15) is 19.5 Å². The van der Waals surface area contributed by atoms with Crippen LogP contribution in [0.4, 0.5) is 32.2 Å². The molecule has 6 rings (SSSR count). The Labute approximate surface area is 278 Å². The minimum Gasteiger partial charge on any atom is -0.480 e. The molecule has 13 nitrogen and oxygen atoms in total. The van der Waals surface area contributed by atoms with Crippen molar-refractivity contribution >= 4 is 40.9 Å². The summed E-state index contributed by atoms with van der Waals surface area (Å²) in [5.74, 6) is -2.20. The maximum atomic E-state index is 15.9. The van der Waals surface area contributed by atoms with Gasteiger partial charge in [-0.2, -0.15) is 4.39 Å². The number of anilines is 4. The maximum absolute atomic E-state index is 15.9. The number of rotatable bonds is 9. The lowest BCUT2D eigenvalue weighted by molar-refractivity contribution is -0.142. The number of piperazine rings is 1. The van der Waals surface area contributed by atoms with Crippen molar-refractivity contribution in [3.63, 3.8) is 0 Å². The normalized spacial score (nSPS) is 19.1. The average molecular weight is 661 g/mol. The molecule has 3 N–H and O–H groups in total. The Kier molecular flexibility index (Phi) is 10.5. The topological polar surface area (TPSA) is 143 Å². The second-order valence-corrected chi connectivity index (χ2v) is 12.3. The number of carboxylic acid groups (broad SMARTS) is 1. The highest BCUT2D eigenvalue weighted by molar-refractivity contribution is 5.89. The standard InChI is InChI=1S/C34H41FN8O5/c35-29-30(41-15-13-40(14-16-41)27-6-2-1-3-7-27)36-23-37-31(29)43-12-4-5-25(22-43)32(44)39-28(33(45)46)21-24-8-10-26(11-9-24)38-34(47)42-17-19-48-20-18-42/h1-3,6-11,23,25,28H,4-5,12-22H2,(H,38,47)(H,39,44)(H,45,46)/t25?,28-/m0/s1. The molecule has 0 aliphatic carbocycles. The molecule has 0 radical (unpaired) electrons. The zero-order chi connectivity index (χ0) is 33.5. The van der Waals surface area contributed by atoms with E-state index in [-0.39, 0.29) is 30.6 Å². The Morgan fingerprint density at radius 3 is 2.23 bits per heavy atom. The van der Waals surface area contributed by atoms with Gasteiger partial charge in [0.15, 0.2) is 11.6 Å². The second kappa shape index (κ2) is 15.3. The fourth-order valence-corrected chi connectivity index (χ4v) is 6.41. The first-order chi connectivity index (χ1) is 23.4. The first-order valence-electron chi connectivity index (χ1n) is 16.4. The van der Waals surface area contributed by atoms with E-state index < -0.39 is 29.7 Å². The number of morpholine rings is 1. The number of nitrogens with zero attached hydrogens (tertiary/aromatic N) is 6. The zero-order valence-electron chi connectivity index (χ0n) is 26.8. The van der Waals surface area contributed by atoms with Crippen molar-refractivity contribution < 1.29 is 28.6 Å². The predicted octanol–water partition coefficient (Wildman–Crippen LogP) is 2.83. The lowest BCUT2D eigenvalue weighted by atomic mass is 9.96. The number of nitrogens with one attached hydrogen (secondary N) is 2. The molecule has 2 atom stereocenters. The fourth-order valence-electron chi connectivity index (χ4n) is 6.41. The molecule has 3 fully saturated rings. The van der Waals surface area contributed by atoms with Gasteiger partial charge in [-0.15, -0.1) is 0 Å².